The predicted molar refractivity (Wildman–Crippen MR) is 83.0 cm³/mol. The van der Waals surface area contributed by atoms with E-state index in [1.165, 1.54) is 0 Å². The molecule has 0 radical (unpaired) electrons. The van der Waals surface area contributed by atoms with Gasteiger partial charge in [-0.3, -0.25) is 4.79 Å². The molecular formula is C16H19N3O3. The maximum absolute atomic E-state index is 12.5. The second kappa shape index (κ2) is 6.62. The summed E-state index contributed by atoms with van der Waals surface area (Å²) in [5.74, 6) is 0.935. The van der Waals surface area contributed by atoms with Crippen molar-refractivity contribution < 1.29 is 14.1 Å². The van der Waals surface area contributed by atoms with E-state index in [0.29, 0.717) is 50.0 Å². The number of aromatic nitrogens is 1. The van der Waals surface area contributed by atoms with Crippen LogP contribution in [0.25, 0.3) is 11.3 Å². The van der Waals surface area contributed by atoms with E-state index >= 15 is 0 Å². The van der Waals surface area contributed by atoms with Crippen molar-refractivity contribution in [2.24, 2.45) is 0 Å². The number of nitrogens with zero attached hydrogens (tertiary/aromatic N) is 2. The molecule has 0 unspecified atom stereocenters. The zero-order valence-electron chi connectivity index (χ0n) is 12.5. The minimum atomic E-state index is -0.163. The lowest BCUT2D eigenvalue weighted by Crippen LogP contribution is -2.38. The molecule has 1 aliphatic heterocycles. The van der Waals surface area contributed by atoms with Crippen molar-refractivity contribution in [1.82, 2.24) is 10.5 Å². The molecule has 0 saturated carbocycles. The van der Waals surface area contributed by atoms with Gasteiger partial charge < -0.3 is 19.5 Å². The lowest BCUT2D eigenvalue weighted by atomic mass is 10.1. The molecule has 1 aromatic carbocycles. The average Bonchev–Trinajstić information content (AvgIpc) is 3.02. The van der Waals surface area contributed by atoms with Gasteiger partial charge in [0.05, 0.1) is 13.2 Å². The van der Waals surface area contributed by atoms with Crippen molar-refractivity contribution in [3.05, 3.63) is 35.9 Å². The van der Waals surface area contributed by atoms with Gasteiger partial charge in [0, 0.05) is 25.2 Å². The molecule has 2 aromatic rings. The third-order valence-corrected chi connectivity index (χ3v) is 3.59. The highest BCUT2D eigenvalue weighted by Crippen LogP contribution is 2.31. The summed E-state index contributed by atoms with van der Waals surface area (Å²) in [5.41, 5.74) is 1.34. The molecule has 0 spiro atoms. The SMILES string of the molecule is CCNC(=O)c1c(N2CCOCC2)noc1-c1ccccc1. The highest BCUT2D eigenvalue weighted by Gasteiger charge is 2.28. The number of anilines is 1. The Bertz CT molecular complexity index is 633. The van der Waals surface area contributed by atoms with E-state index in [1.807, 2.05) is 42.2 Å². The van der Waals surface area contributed by atoms with E-state index in [0.717, 1.165) is 5.56 Å². The van der Waals surface area contributed by atoms with E-state index in [4.69, 9.17) is 9.26 Å². The van der Waals surface area contributed by atoms with Crippen molar-refractivity contribution in [3.8, 4) is 11.3 Å². The number of amides is 1. The van der Waals surface area contributed by atoms with Gasteiger partial charge in [0.15, 0.2) is 11.6 Å². The molecule has 1 aromatic heterocycles. The third kappa shape index (κ3) is 2.82. The van der Waals surface area contributed by atoms with Crippen molar-refractivity contribution in [2.75, 3.05) is 37.7 Å². The van der Waals surface area contributed by atoms with Gasteiger partial charge in [-0.1, -0.05) is 35.5 Å². The molecule has 6 heteroatoms. The molecule has 116 valence electrons. The van der Waals surface area contributed by atoms with Crippen molar-refractivity contribution in [2.45, 2.75) is 6.92 Å². The fourth-order valence-electron chi connectivity index (χ4n) is 2.51. The van der Waals surface area contributed by atoms with Gasteiger partial charge in [0.2, 0.25) is 0 Å². The summed E-state index contributed by atoms with van der Waals surface area (Å²) >= 11 is 0. The Morgan fingerprint density at radius 2 is 2.00 bits per heavy atom. The van der Waals surface area contributed by atoms with Gasteiger partial charge >= 0.3 is 0 Å². The average molecular weight is 301 g/mol. The predicted octanol–water partition coefficient (Wildman–Crippen LogP) is 1.93. The smallest absolute Gasteiger partial charge is 0.259 e. The first-order chi connectivity index (χ1) is 10.8. The first kappa shape index (κ1) is 14.6. The molecule has 1 amide bonds. The lowest BCUT2D eigenvalue weighted by Gasteiger charge is -2.26. The fourth-order valence-corrected chi connectivity index (χ4v) is 2.51. The zero-order chi connectivity index (χ0) is 15.4. The zero-order valence-corrected chi connectivity index (χ0v) is 12.5. The Kier molecular flexibility index (Phi) is 4.39. The third-order valence-electron chi connectivity index (χ3n) is 3.59. The fraction of sp³-hybridized carbons (Fsp3) is 0.375. The molecule has 0 atom stereocenters. The Morgan fingerprint density at radius 3 is 2.68 bits per heavy atom. The van der Waals surface area contributed by atoms with Crippen LogP contribution in [-0.4, -0.2) is 43.9 Å². The van der Waals surface area contributed by atoms with Crippen molar-refractivity contribution in [1.29, 1.82) is 0 Å². The topological polar surface area (TPSA) is 67.6 Å². The summed E-state index contributed by atoms with van der Waals surface area (Å²) in [6.07, 6.45) is 0. The van der Waals surface area contributed by atoms with Crippen LogP contribution in [0.2, 0.25) is 0 Å². The van der Waals surface area contributed by atoms with Crippen LogP contribution in [0.15, 0.2) is 34.9 Å². The van der Waals surface area contributed by atoms with Crippen LogP contribution < -0.4 is 10.2 Å². The summed E-state index contributed by atoms with van der Waals surface area (Å²) in [4.78, 5) is 14.5. The lowest BCUT2D eigenvalue weighted by molar-refractivity contribution is 0.0954. The number of ether oxygens (including phenoxy) is 1. The van der Waals surface area contributed by atoms with E-state index in [2.05, 4.69) is 10.5 Å². The number of carbonyl (C=O) groups excluding carboxylic acids is 1. The Balaban J connectivity index is 2.03. The van der Waals surface area contributed by atoms with E-state index < -0.39 is 0 Å². The monoisotopic (exact) mass is 301 g/mol. The number of rotatable bonds is 4. The van der Waals surface area contributed by atoms with E-state index in [-0.39, 0.29) is 5.91 Å². The molecule has 6 nitrogen and oxygen atoms in total. The second-order valence-corrected chi connectivity index (χ2v) is 5.04. The quantitative estimate of drug-likeness (QED) is 0.934. The molecule has 1 fully saturated rings. The Hall–Kier alpha value is -2.34. The van der Waals surface area contributed by atoms with Gasteiger partial charge in [-0.05, 0) is 6.92 Å². The normalized spacial score (nSPS) is 14.9. The van der Waals surface area contributed by atoms with Gasteiger partial charge in [-0.2, -0.15) is 0 Å². The van der Waals surface area contributed by atoms with Gasteiger partial charge in [0.25, 0.3) is 5.91 Å². The molecule has 22 heavy (non-hydrogen) atoms. The number of nitrogens with one attached hydrogen (secondary N) is 1. The van der Waals surface area contributed by atoms with Crippen molar-refractivity contribution >= 4 is 11.7 Å². The van der Waals surface area contributed by atoms with Crippen molar-refractivity contribution in [3.63, 3.8) is 0 Å². The van der Waals surface area contributed by atoms with Gasteiger partial charge in [-0.15, -0.1) is 0 Å². The maximum Gasteiger partial charge on any atom is 0.259 e. The Labute approximate surface area is 129 Å². The largest absolute Gasteiger partial charge is 0.378 e. The number of morpholine rings is 1. The molecule has 0 bridgehead atoms. The number of hydrogen-bond acceptors (Lipinski definition) is 5. The molecule has 1 N–H and O–H groups in total. The highest BCUT2D eigenvalue weighted by atomic mass is 16.5. The maximum atomic E-state index is 12.5. The first-order valence-electron chi connectivity index (χ1n) is 7.47. The van der Waals surface area contributed by atoms with Crippen LogP contribution in [0.3, 0.4) is 0 Å². The first-order valence-corrected chi connectivity index (χ1v) is 7.47. The number of benzene rings is 1. The van der Waals surface area contributed by atoms with Crippen LogP contribution in [-0.2, 0) is 4.74 Å². The van der Waals surface area contributed by atoms with Crippen LogP contribution >= 0.6 is 0 Å². The summed E-state index contributed by atoms with van der Waals surface area (Å²) < 4.78 is 10.9. The van der Waals surface area contributed by atoms with Crippen LogP contribution in [0.1, 0.15) is 17.3 Å². The molecule has 0 aliphatic carbocycles. The minimum Gasteiger partial charge on any atom is -0.378 e. The number of hydrogen-bond donors (Lipinski definition) is 1. The minimum absolute atomic E-state index is 0.163. The summed E-state index contributed by atoms with van der Waals surface area (Å²) in [7, 11) is 0. The molecule has 3 rings (SSSR count). The summed E-state index contributed by atoms with van der Waals surface area (Å²) in [6.45, 7) is 5.11. The summed E-state index contributed by atoms with van der Waals surface area (Å²) in [6, 6.07) is 9.56. The number of carbonyl (C=O) groups is 1. The second-order valence-electron chi connectivity index (χ2n) is 5.04. The molecular weight excluding hydrogens is 282 g/mol. The van der Waals surface area contributed by atoms with Crippen LogP contribution in [0.5, 0.6) is 0 Å². The van der Waals surface area contributed by atoms with Gasteiger partial charge in [0.1, 0.15) is 5.56 Å². The van der Waals surface area contributed by atoms with Gasteiger partial charge in [-0.25, -0.2) is 0 Å². The van der Waals surface area contributed by atoms with Crippen LogP contribution in [0, 0.1) is 0 Å². The highest BCUT2D eigenvalue weighted by molar-refractivity contribution is 6.04. The standard InChI is InChI=1S/C16H19N3O3/c1-2-17-16(20)13-14(12-6-4-3-5-7-12)22-18-15(13)19-8-10-21-11-9-19/h3-7H,2,8-11H2,1H3,(H,17,20). The Morgan fingerprint density at radius 1 is 1.27 bits per heavy atom. The van der Waals surface area contributed by atoms with Crippen LogP contribution in [0.4, 0.5) is 5.82 Å². The molecule has 2 heterocycles. The molecule has 1 saturated heterocycles. The summed E-state index contributed by atoms with van der Waals surface area (Å²) in [5, 5.41) is 6.99. The van der Waals surface area contributed by atoms with E-state index in [9.17, 15) is 4.79 Å². The molecule has 1 aliphatic rings. The van der Waals surface area contributed by atoms with E-state index in [1.54, 1.807) is 0 Å².